The number of anilines is 2. The summed E-state index contributed by atoms with van der Waals surface area (Å²) in [5.74, 6) is 0.0986. The molecule has 3 N–H and O–H groups in total. The number of amides is 1. The van der Waals surface area contributed by atoms with Gasteiger partial charge in [0.1, 0.15) is 5.75 Å². The molecule has 2 aromatic carbocycles. The highest BCUT2D eigenvalue weighted by Crippen LogP contribution is 2.30. The topological polar surface area (TPSA) is 61.4 Å². The third-order valence-corrected chi connectivity index (χ3v) is 4.22. The Labute approximate surface area is 142 Å². The Balaban J connectivity index is 0.00000192. The predicted octanol–water partition coefficient (Wildman–Crippen LogP) is 4.04. The van der Waals surface area contributed by atoms with Gasteiger partial charge >= 0.3 is 0 Å². The zero-order valence-electron chi connectivity index (χ0n) is 13.3. The normalized spacial score (nSPS) is 12.6. The van der Waals surface area contributed by atoms with E-state index in [9.17, 15) is 9.90 Å². The van der Waals surface area contributed by atoms with Crippen LogP contribution in [0.4, 0.5) is 11.4 Å². The monoisotopic (exact) mass is 332 g/mol. The summed E-state index contributed by atoms with van der Waals surface area (Å²) in [7, 11) is 0. The first-order chi connectivity index (χ1) is 10.6. The van der Waals surface area contributed by atoms with Crippen molar-refractivity contribution in [2.24, 2.45) is 0 Å². The lowest BCUT2D eigenvalue weighted by Crippen LogP contribution is -2.19. The number of aryl methyl sites for hydroxylation is 1. The lowest BCUT2D eigenvalue weighted by molar-refractivity contribution is 0.102. The lowest BCUT2D eigenvalue weighted by Gasteiger charge is -2.21. The second kappa shape index (κ2) is 6.92. The van der Waals surface area contributed by atoms with Gasteiger partial charge in [-0.05, 0) is 56.0 Å². The highest BCUT2D eigenvalue weighted by atomic mass is 35.5. The number of benzene rings is 2. The number of aromatic hydroxyl groups is 1. The molecule has 1 heterocycles. The quantitative estimate of drug-likeness (QED) is 0.777. The molecule has 3 rings (SSSR count). The van der Waals surface area contributed by atoms with Crippen LogP contribution >= 0.6 is 12.4 Å². The van der Waals surface area contributed by atoms with E-state index >= 15 is 0 Å². The number of halogens is 1. The molecule has 0 saturated heterocycles. The van der Waals surface area contributed by atoms with E-state index in [1.807, 2.05) is 31.2 Å². The van der Waals surface area contributed by atoms with E-state index in [1.54, 1.807) is 13.0 Å². The fourth-order valence-electron chi connectivity index (χ4n) is 2.88. The summed E-state index contributed by atoms with van der Waals surface area (Å²) >= 11 is 0. The lowest BCUT2D eigenvalue weighted by atomic mass is 9.97. The number of nitrogens with one attached hydrogen (secondary N) is 2. The minimum absolute atomic E-state index is 0. The molecule has 122 valence electrons. The van der Waals surface area contributed by atoms with Crippen molar-refractivity contribution in [1.29, 1.82) is 0 Å². The summed E-state index contributed by atoms with van der Waals surface area (Å²) in [5.41, 5.74) is 4.95. The SMILES string of the molecule is Cc1ccc(NC(=O)c2cccc3c2CCCN3)c(C)c1O.Cl. The predicted molar refractivity (Wildman–Crippen MR) is 96.0 cm³/mol. The first-order valence-electron chi connectivity index (χ1n) is 7.54. The molecule has 1 aliphatic rings. The van der Waals surface area contributed by atoms with Crippen LogP contribution in [0.1, 0.15) is 33.5 Å². The first kappa shape index (κ1) is 17.2. The van der Waals surface area contributed by atoms with Gasteiger partial charge in [0.15, 0.2) is 0 Å². The third-order valence-electron chi connectivity index (χ3n) is 4.22. The molecule has 0 unspecified atom stereocenters. The molecule has 5 heteroatoms. The van der Waals surface area contributed by atoms with Crippen LogP contribution in [0.2, 0.25) is 0 Å². The zero-order valence-corrected chi connectivity index (χ0v) is 14.1. The Hall–Kier alpha value is -2.20. The maximum atomic E-state index is 12.6. The second-order valence-corrected chi connectivity index (χ2v) is 5.72. The summed E-state index contributed by atoms with van der Waals surface area (Å²) in [4.78, 5) is 12.6. The molecule has 0 aliphatic carbocycles. The number of phenols is 1. The Morgan fingerprint density at radius 1 is 1.22 bits per heavy atom. The van der Waals surface area contributed by atoms with Gasteiger partial charge in [-0.25, -0.2) is 0 Å². The molecule has 0 radical (unpaired) electrons. The van der Waals surface area contributed by atoms with E-state index in [1.165, 1.54) is 0 Å². The molecular weight excluding hydrogens is 312 g/mol. The van der Waals surface area contributed by atoms with Crippen LogP contribution in [0.25, 0.3) is 0 Å². The fraction of sp³-hybridized carbons (Fsp3) is 0.278. The van der Waals surface area contributed by atoms with E-state index in [0.717, 1.165) is 36.2 Å². The summed E-state index contributed by atoms with van der Waals surface area (Å²) in [6, 6.07) is 9.39. The highest BCUT2D eigenvalue weighted by molar-refractivity contribution is 6.06. The van der Waals surface area contributed by atoms with Crippen molar-refractivity contribution in [2.75, 3.05) is 17.2 Å². The van der Waals surface area contributed by atoms with E-state index in [0.29, 0.717) is 16.8 Å². The van der Waals surface area contributed by atoms with Gasteiger partial charge in [-0.15, -0.1) is 12.4 Å². The summed E-state index contributed by atoms with van der Waals surface area (Å²) in [6.07, 6.45) is 1.94. The number of hydrogen-bond acceptors (Lipinski definition) is 3. The van der Waals surface area contributed by atoms with Crippen LogP contribution in [0.5, 0.6) is 5.75 Å². The van der Waals surface area contributed by atoms with Crippen molar-refractivity contribution in [3.8, 4) is 5.75 Å². The van der Waals surface area contributed by atoms with E-state index in [-0.39, 0.29) is 24.1 Å². The van der Waals surface area contributed by atoms with Gasteiger partial charge in [0, 0.05) is 29.0 Å². The van der Waals surface area contributed by atoms with Crippen molar-refractivity contribution in [3.63, 3.8) is 0 Å². The minimum atomic E-state index is -0.132. The molecule has 2 aromatic rings. The average Bonchev–Trinajstić information content (AvgIpc) is 2.55. The summed E-state index contributed by atoms with van der Waals surface area (Å²) in [6.45, 7) is 4.59. The Morgan fingerprint density at radius 2 is 2.00 bits per heavy atom. The van der Waals surface area contributed by atoms with E-state index in [4.69, 9.17) is 0 Å². The smallest absolute Gasteiger partial charge is 0.256 e. The molecule has 1 aliphatic heterocycles. The standard InChI is InChI=1S/C18H20N2O2.ClH/c1-11-8-9-15(12(2)17(11)21)20-18(22)14-5-3-7-16-13(14)6-4-10-19-16;/h3,5,7-9,19,21H,4,6,10H2,1-2H3,(H,20,22);1H. The van der Waals surface area contributed by atoms with Gasteiger partial charge in [0.25, 0.3) is 5.91 Å². The number of carbonyl (C=O) groups excluding carboxylic acids is 1. The van der Waals surface area contributed by atoms with Gasteiger partial charge in [-0.3, -0.25) is 4.79 Å². The van der Waals surface area contributed by atoms with Crippen molar-refractivity contribution >= 4 is 29.7 Å². The van der Waals surface area contributed by atoms with E-state index < -0.39 is 0 Å². The van der Waals surface area contributed by atoms with Crippen molar-refractivity contribution < 1.29 is 9.90 Å². The third kappa shape index (κ3) is 3.27. The van der Waals surface area contributed by atoms with Crippen LogP contribution in [-0.4, -0.2) is 17.6 Å². The van der Waals surface area contributed by atoms with Gasteiger partial charge in [-0.2, -0.15) is 0 Å². The van der Waals surface area contributed by atoms with Crippen LogP contribution < -0.4 is 10.6 Å². The molecule has 4 nitrogen and oxygen atoms in total. The number of rotatable bonds is 2. The molecule has 0 aromatic heterocycles. The van der Waals surface area contributed by atoms with Crippen molar-refractivity contribution in [1.82, 2.24) is 0 Å². The molecule has 0 atom stereocenters. The number of phenolic OH excluding ortho intramolecular Hbond substituents is 1. The molecule has 0 spiro atoms. The largest absolute Gasteiger partial charge is 0.507 e. The van der Waals surface area contributed by atoms with Crippen LogP contribution in [0.15, 0.2) is 30.3 Å². The van der Waals surface area contributed by atoms with Crippen LogP contribution in [0.3, 0.4) is 0 Å². The Bertz CT molecular complexity index is 744. The average molecular weight is 333 g/mol. The molecular formula is C18H21ClN2O2. The molecule has 1 amide bonds. The summed E-state index contributed by atoms with van der Waals surface area (Å²) in [5, 5.41) is 16.2. The van der Waals surface area contributed by atoms with E-state index in [2.05, 4.69) is 10.6 Å². The van der Waals surface area contributed by atoms with Gasteiger partial charge in [0.05, 0.1) is 0 Å². The van der Waals surface area contributed by atoms with Gasteiger partial charge in [-0.1, -0.05) is 12.1 Å². The van der Waals surface area contributed by atoms with Crippen molar-refractivity contribution in [2.45, 2.75) is 26.7 Å². The maximum Gasteiger partial charge on any atom is 0.256 e. The molecule has 0 saturated carbocycles. The number of fused-ring (bicyclic) bond motifs is 1. The fourth-order valence-corrected chi connectivity index (χ4v) is 2.88. The Kier molecular flexibility index (Phi) is 5.16. The zero-order chi connectivity index (χ0) is 15.7. The van der Waals surface area contributed by atoms with Crippen LogP contribution in [-0.2, 0) is 6.42 Å². The first-order valence-corrected chi connectivity index (χ1v) is 7.54. The van der Waals surface area contributed by atoms with Gasteiger partial charge < -0.3 is 15.7 Å². The molecule has 0 bridgehead atoms. The molecule has 0 fully saturated rings. The van der Waals surface area contributed by atoms with Gasteiger partial charge in [0.2, 0.25) is 0 Å². The Morgan fingerprint density at radius 3 is 2.78 bits per heavy atom. The van der Waals surface area contributed by atoms with Crippen LogP contribution in [0, 0.1) is 13.8 Å². The number of carbonyl (C=O) groups is 1. The second-order valence-electron chi connectivity index (χ2n) is 5.72. The minimum Gasteiger partial charge on any atom is -0.507 e. The molecule has 23 heavy (non-hydrogen) atoms. The maximum absolute atomic E-state index is 12.6. The number of hydrogen-bond donors (Lipinski definition) is 3. The summed E-state index contributed by atoms with van der Waals surface area (Å²) < 4.78 is 0. The highest BCUT2D eigenvalue weighted by Gasteiger charge is 2.18. The van der Waals surface area contributed by atoms with Crippen molar-refractivity contribution in [3.05, 3.63) is 52.6 Å².